The molecule has 1 fully saturated rings. The number of carbonyl (C=O) groups is 3. The third kappa shape index (κ3) is 4.29. The molecule has 0 bridgehead atoms. The van der Waals surface area contributed by atoms with E-state index in [2.05, 4.69) is 15.6 Å². The van der Waals surface area contributed by atoms with Gasteiger partial charge in [-0.05, 0) is 36.6 Å². The third-order valence-electron chi connectivity index (χ3n) is 5.75. The van der Waals surface area contributed by atoms with Gasteiger partial charge in [-0.2, -0.15) is 0 Å². The summed E-state index contributed by atoms with van der Waals surface area (Å²) in [5.74, 6) is -0.213. The average Bonchev–Trinajstić information content (AvgIpc) is 3.15. The summed E-state index contributed by atoms with van der Waals surface area (Å²) < 4.78 is 0.877. The lowest BCUT2D eigenvalue weighted by atomic mass is 9.72. The van der Waals surface area contributed by atoms with Crippen LogP contribution in [0.25, 0.3) is 10.2 Å². The first kappa shape index (κ1) is 21.0. The highest BCUT2D eigenvalue weighted by Crippen LogP contribution is 2.37. The number of nitrogens with one attached hydrogen (secondary N) is 2. The van der Waals surface area contributed by atoms with Gasteiger partial charge in [0.25, 0.3) is 0 Å². The molecule has 160 valence electrons. The van der Waals surface area contributed by atoms with E-state index in [0.717, 1.165) is 15.8 Å². The lowest BCUT2D eigenvalue weighted by Gasteiger charge is -2.40. The molecule has 1 aliphatic rings. The normalized spacial score (nSPS) is 15.5. The predicted molar refractivity (Wildman–Crippen MR) is 122 cm³/mol. The molecule has 0 atom stereocenters. The van der Waals surface area contributed by atoms with Gasteiger partial charge in [-0.1, -0.05) is 41.7 Å². The second-order valence-corrected chi connectivity index (χ2v) is 8.82. The van der Waals surface area contributed by atoms with Crippen molar-refractivity contribution in [2.45, 2.75) is 32.1 Å². The molecule has 0 radical (unpaired) electrons. The molecular weight excluding hydrogens is 412 g/mol. The molecule has 0 spiro atoms. The van der Waals surface area contributed by atoms with Crippen LogP contribution in [-0.2, 0) is 19.8 Å². The molecule has 4 rings (SSSR count). The summed E-state index contributed by atoms with van der Waals surface area (Å²) in [5, 5.41) is 6.31. The highest BCUT2D eigenvalue weighted by molar-refractivity contribution is 7.22. The van der Waals surface area contributed by atoms with Crippen LogP contribution in [0.3, 0.4) is 0 Å². The zero-order valence-electron chi connectivity index (χ0n) is 17.5. The number of carbonyl (C=O) groups excluding carboxylic acids is 3. The number of thiazole rings is 1. The highest BCUT2D eigenvalue weighted by Gasteiger charge is 2.43. The third-order valence-corrected chi connectivity index (χ3v) is 6.69. The number of likely N-dealkylation sites (tertiary alicyclic amines) is 1. The van der Waals surface area contributed by atoms with Crippen molar-refractivity contribution in [1.82, 2.24) is 9.88 Å². The Bertz CT molecular complexity index is 1130. The van der Waals surface area contributed by atoms with E-state index in [-0.39, 0.29) is 17.7 Å². The van der Waals surface area contributed by atoms with Gasteiger partial charge in [0.15, 0.2) is 5.13 Å². The summed E-state index contributed by atoms with van der Waals surface area (Å²) in [6, 6.07) is 15.3. The number of rotatable bonds is 4. The van der Waals surface area contributed by atoms with Gasteiger partial charge in [-0.15, -0.1) is 0 Å². The molecule has 3 amide bonds. The summed E-state index contributed by atoms with van der Waals surface area (Å²) in [4.78, 5) is 42.8. The number of piperidine rings is 1. The molecule has 1 saturated heterocycles. The van der Waals surface area contributed by atoms with Gasteiger partial charge in [0.05, 0.1) is 15.6 Å². The van der Waals surface area contributed by atoms with Crippen molar-refractivity contribution in [2.24, 2.45) is 0 Å². The number of hydrogen-bond acceptors (Lipinski definition) is 5. The summed E-state index contributed by atoms with van der Waals surface area (Å²) in [5.41, 5.74) is 1.71. The Hall–Kier alpha value is -3.26. The predicted octanol–water partition coefficient (Wildman–Crippen LogP) is 3.77. The minimum Gasteiger partial charge on any atom is -0.343 e. The van der Waals surface area contributed by atoms with Crippen molar-refractivity contribution in [3.63, 3.8) is 0 Å². The van der Waals surface area contributed by atoms with E-state index < -0.39 is 5.41 Å². The first-order valence-corrected chi connectivity index (χ1v) is 11.0. The lowest BCUT2D eigenvalue weighted by Crippen LogP contribution is -2.50. The number of hydrogen-bond donors (Lipinski definition) is 2. The van der Waals surface area contributed by atoms with Crippen molar-refractivity contribution >= 4 is 50.1 Å². The highest BCUT2D eigenvalue weighted by atomic mass is 32.1. The topological polar surface area (TPSA) is 91.4 Å². The van der Waals surface area contributed by atoms with Crippen LogP contribution >= 0.6 is 11.3 Å². The van der Waals surface area contributed by atoms with E-state index in [4.69, 9.17) is 0 Å². The SMILES string of the molecule is CC(=O)Nc1nc2ccc(NC(=O)C3(c4ccccc4)CCN(C(C)=O)CC3)cc2s1. The average molecular weight is 437 g/mol. The molecule has 1 aromatic heterocycles. The molecule has 0 unspecified atom stereocenters. The molecule has 2 heterocycles. The Morgan fingerprint density at radius 2 is 1.71 bits per heavy atom. The smallest absolute Gasteiger partial charge is 0.235 e. The number of nitrogens with zero attached hydrogens (tertiary/aromatic N) is 2. The zero-order chi connectivity index (χ0) is 22.0. The quantitative estimate of drug-likeness (QED) is 0.651. The molecular formula is C23H24N4O3S. The van der Waals surface area contributed by atoms with Crippen LogP contribution in [0.2, 0.25) is 0 Å². The monoisotopic (exact) mass is 436 g/mol. The summed E-state index contributed by atoms with van der Waals surface area (Å²) in [6.07, 6.45) is 1.13. The number of aromatic nitrogens is 1. The van der Waals surface area contributed by atoms with Gasteiger partial charge in [0.1, 0.15) is 0 Å². The zero-order valence-corrected chi connectivity index (χ0v) is 18.3. The Kier molecular flexibility index (Phi) is 5.73. The second kappa shape index (κ2) is 8.47. The van der Waals surface area contributed by atoms with E-state index in [1.807, 2.05) is 48.5 Å². The summed E-state index contributed by atoms with van der Waals surface area (Å²) >= 11 is 1.36. The number of benzene rings is 2. The largest absolute Gasteiger partial charge is 0.343 e. The van der Waals surface area contributed by atoms with E-state index in [0.29, 0.717) is 36.8 Å². The maximum atomic E-state index is 13.6. The van der Waals surface area contributed by atoms with Gasteiger partial charge < -0.3 is 15.5 Å². The van der Waals surface area contributed by atoms with Gasteiger partial charge >= 0.3 is 0 Å². The van der Waals surface area contributed by atoms with Crippen LogP contribution in [0, 0.1) is 0 Å². The first-order chi connectivity index (χ1) is 14.9. The fourth-order valence-electron chi connectivity index (χ4n) is 4.06. The minimum atomic E-state index is -0.697. The molecule has 0 aliphatic carbocycles. The van der Waals surface area contributed by atoms with Crippen molar-refractivity contribution in [3.05, 3.63) is 54.1 Å². The van der Waals surface area contributed by atoms with Crippen molar-refractivity contribution < 1.29 is 14.4 Å². The Morgan fingerprint density at radius 1 is 1.00 bits per heavy atom. The molecule has 7 nitrogen and oxygen atoms in total. The fourth-order valence-corrected chi connectivity index (χ4v) is 5.02. The van der Waals surface area contributed by atoms with Crippen LogP contribution < -0.4 is 10.6 Å². The van der Waals surface area contributed by atoms with Crippen molar-refractivity contribution in [2.75, 3.05) is 23.7 Å². The first-order valence-electron chi connectivity index (χ1n) is 10.2. The minimum absolute atomic E-state index is 0.0349. The van der Waals surface area contributed by atoms with Crippen LogP contribution in [0.1, 0.15) is 32.3 Å². The van der Waals surface area contributed by atoms with E-state index in [1.54, 1.807) is 11.8 Å². The Morgan fingerprint density at radius 3 is 2.35 bits per heavy atom. The summed E-state index contributed by atoms with van der Waals surface area (Å²) in [7, 11) is 0. The maximum Gasteiger partial charge on any atom is 0.235 e. The standard InChI is InChI=1S/C23H24N4O3S/c1-15(28)24-22-26-19-9-8-18(14-20(19)31-22)25-21(30)23(17-6-4-3-5-7-17)10-12-27(13-11-23)16(2)29/h3-9,14H,10-13H2,1-2H3,(H,25,30)(H,24,26,28). The van der Waals surface area contributed by atoms with Gasteiger partial charge in [0.2, 0.25) is 17.7 Å². The molecule has 31 heavy (non-hydrogen) atoms. The molecule has 1 aliphatic heterocycles. The van der Waals surface area contributed by atoms with Crippen LogP contribution in [0.5, 0.6) is 0 Å². The second-order valence-electron chi connectivity index (χ2n) is 7.79. The van der Waals surface area contributed by atoms with Gasteiger partial charge in [0, 0.05) is 32.6 Å². The maximum absolute atomic E-state index is 13.6. The van der Waals surface area contributed by atoms with E-state index in [1.165, 1.54) is 18.3 Å². The van der Waals surface area contributed by atoms with Crippen LogP contribution in [0.15, 0.2) is 48.5 Å². The van der Waals surface area contributed by atoms with Gasteiger partial charge in [-0.25, -0.2) is 4.98 Å². The van der Waals surface area contributed by atoms with Crippen LogP contribution in [0.4, 0.5) is 10.8 Å². The summed E-state index contributed by atoms with van der Waals surface area (Å²) in [6.45, 7) is 4.10. The van der Waals surface area contributed by atoms with Crippen molar-refractivity contribution in [1.29, 1.82) is 0 Å². The molecule has 0 saturated carbocycles. The van der Waals surface area contributed by atoms with Crippen molar-refractivity contribution in [3.8, 4) is 0 Å². The number of fused-ring (bicyclic) bond motifs is 1. The Balaban J connectivity index is 1.60. The Labute approximate surface area is 184 Å². The number of anilines is 2. The molecule has 8 heteroatoms. The molecule has 3 aromatic rings. The molecule has 2 N–H and O–H groups in total. The number of amides is 3. The van der Waals surface area contributed by atoms with E-state index in [9.17, 15) is 14.4 Å². The van der Waals surface area contributed by atoms with E-state index >= 15 is 0 Å². The lowest BCUT2D eigenvalue weighted by molar-refractivity contribution is -0.133. The molecule has 2 aromatic carbocycles. The van der Waals surface area contributed by atoms with Gasteiger partial charge in [-0.3, -0.25) is 14.4 Å². The van der Waals surface area contributed by atoms with Crippen LogP contribution in [-0.4, -0.2) is 40.7 Å². The fraction of sp³-hybridized carbons (Fsp3) is 0.304.